The molecule has 0 bridgehead atoms. The normalized spacial score (nSPS) is 17.2. The molecule has 1 saturated heterocycles. The summed E-state index contributed by atoms with van der Waals surface area (Å²) in [6.45, 7) is 10.5. The van der Waals surface area contributed by atoms with Crippen LogP contribution in [0.15, 0.2) is 30.3 Å². The maximum atomic E-state index is 12.1. The van der Waals surface area contributed by atoms with Crippen molar-refractivity contribution in [3.8, 4) is 6.07 Å². The van der Waals surface area contributed by atoms with E-state index in [1.165, 1.54) is 5.69 Å². The van der Waals surface area contributed by atoms with Gasteiger partial charge in [0.25, 0.3) is 0 Å². The number of hydrogen-bond acceptors (Lipinski definition) is 4. The number of para-hydroxylation sites is 1. The number of nitrogens with one attached hydrogen (secondary N) is 1. The number of rotatable bonds is 5. The summed E-state index contributed by atoms with van der Waals surface area (Å²) in [6.07, 6.45) is 0.444. The van der Waals surface area contributed by atoms with E-state index in [0.717, 1.165) is 32.7 Å². The van der Waals surface area contributed by atoms with Crippen molar-refractivity contribution in [2.24, 2.45) is 5.41 Å². The predicted molar refractivity (Wildman–Crippen MR) is 96.7 cm³/mol. The smallest absolute Gasteiger partial charge is 0.222 e. The molecular formula is C19H28N4O. The van der Waals surface area contributed by atoms with Crippen LogP contribution in [-0.2, 0) is 4.79 Å². The molecule has 0 radical (unpaired) electrons. The predicted octanol–water partition coefficient (Wildman–Crippen LogP) is 2.25. The van der Waals surface area contributed by atoms with Gasteiger partial charge >= 0.3 is 0 Å². The summed E-state index contributed by atoms with van der Waals surface area (Å²) < 4.78 is 0. The fourth-order valence-corrected chi connectivity index (χ4v) is 2.80. The molecule has 5 nitrogen and oxygen atoms in total. The Labute approximate surface area is 145 Å². The van der Waals surface area contributed by atoms with Crippen LogP contribution in [0.25, 0.3) is 0 Å². The van der Waals surface area contributed by atoms with E-state index >= 15 is 0 Å². The molecule has 1 amide bonds. The minimum atomic E-state index is -0.445. The van der Waals surface area contributed by atoms with Crippen molar-refractivity contribution in [3.63, 3.8) is 0 Å². The molecule has 1 heterocycles. The van der Waals surface area contributed by atoms with Gasteiger partial charge < -0.3 is 10.2 Å². The van der Waals surface area contributed by atoms with Crippen LogP contribution in [0, 0.1) is 16.7 Å². The van der Waals surface area contributed by atoms with Crippen LogP contribution in [0.2, 0.25) is 0 Å². The number of nitriles is 1. The van der Waals surface area contributed by atoms with E-state index in [9.17, 15) is 10.1 Å². The van der Waals surface area contributed by atoms with Gasteiger partial charge in [-0.25, -0.2) is 0 Å². The number of piperazine rings is 1. The summed E-state index contributed by atoms with van der Waals surface area (Å²) in [6, 6.07) is 12.2. The van der Waals surface area contributed by atoms with Crippen LogP contribution in [0.5, 0.6) is 0 Å². The molecule has 1 unspecified atom stereocenters. The molecular weight excluding hydrogens is 300 g/mol. The Morgan fingerprint density at radius 2 is 1.83 bits per heavy atom. The number of hydrogen-bond donors (Lipinski definition) is 1. The lowest BCUT2D eigenvalue weighted by Gasteiger charge is -2.36. The van der Waals surface area contributed by atoms with Gasteiger partial charge in [0.05, 0.1) is 6.07 Å². The third-order valence-electron chi connectivity index (χ3n) is 4.45. The first-order valence-corrected chi connectivity index (χ1v) is 8.61. The van der Waals surface area contributed by atoms with Gasteiger partial charge in [-0.05, 0) is 17.5 Å². The second-order valence-corrected chi connectivity index (χ2v) is 7.41. The lowest BCUT2D eigenvalue weighted by atomic mass is 9.87. The molecule has 24 heavy (non-hydrogen) atoms. The van der Waals surface area contributed by atoms with Crippen molar-refractivity contribution >= 4 is 11.6 Å². The van der Waals surface area contributed by atoms with Crippen molar-refractivity contribution in [3.05, 3.63) is 30.3 Å². The highest BCUT2D eigenvalue weighted by atomic mass is 16.1. The van der Waals surface area contributed by atoms with Gasteiger partial charge in [-0.3, -0.25) is 9.69 Å². The van der Waals surface area contributed by atoms with Gasteiger partial charge in [-0.1, -0.05) is 39.0 Å². The maximum absolute atomic E-state index is 12.1. The Morgan fingerprint density at radius 3 is 2.38 bits per heavy atom. The number of amides is 1. The Hall–Kier alpha value is -2.06. The molecule has 130 valence electrons. The van der Waals surface area contributed by atoms with Crippen LogP contribution in [0.1, 0.15) is 27.2 Å². The minimum absolute atomic E-state index is 0.0398. The fraction of sp³-hybridized carbons (Fsp3) is 0.579. The average molecular weight is 328 g/mol. The van der Waals surface area contributed by atoms with Gasteiger partial charge in [0.15, 0.2) is 0 Å². The maximum Gasteiger partial charge on any atom is 0.222 e. The van der Waals surface area contributed by atoms with Gasteiger partial charge in [-0.15, -0.1) is 0 Å². The fourth-order valence-electron chi connectivity index (χ4n) is 2.80. The van der Waals surface area contributed by atoms with Crippen LogP contribution >= 0.6 is 0 Å². The van der Waals surface area contributed by atoms with Crippen LogP contribution in [-0.4, -0.2) is 49.6 Å². The van der Waals surface area contributed by atoms with E-state index in [0.29, 0.717) is 6.42 Å². The summed E-state index contributed by atoms with van der Waals surface area (Å²) in [5.41, 5.74) is 1.02. The van der Waals surface area contributed by atoms with Crippen molar-refractivity contribution in [1.82, 2.24) is 10.2 Å². The van der Waals surface area contributed by atoms with Crippen molar-refractivity contribution in [2.45, 2.75) is 33.2 Å². The van der Waals surface area contributed by atoms with E-state index in [1.807, 2.05) is 26.8 Å². The standard InChI is InChI=1S/C19H28N4O/c1-19(2,3)17(15-20)21-18(24)9-10-22-11-13-23(14-12-22)16-7-5-4-6-8-16/h4-8,17H,9-14H2,1-3H3,(H,21,24). The van der Waals surface area contributed by atoms with Crippen molar-refractivity contribution in [1.29, 1.82) is 5.26 Å². The monoisotopic (exact) mass is 328 g/mol. The van der Waals surface area contributed by atoms with Crippen LogP contribution in [0.4, 0.5) is 5.69 Å². The Balaban J connectivity index is 1.73. The molecule has 1 N–H and O–H groups in total. The second-order valence-electron chi connectivity index (χ2n) is 7.41. The van der Waals surface area contributed by atoms with E-state index in [2.05, 4.69) is 45.5 Å². The number of nitrogens with zero attached hydrogens (tertiary/aromatic N) is 3. The first kappa shape index (κ1) is 18.3. The molecule has 1 aromatic rings. The van der Waals surface area contributed by atoms with Gasteiger partial charge in [0.1, 0.15) is 6.04 Å². The Morgan fingerprint density at radius 1 is 1.21 bits per heavy atom. The van der Waals surface area contributed by atoms with E-state index in [-0.39, 0.29) is 11.3 Å². The highest BCUT2D eigenvalue weighted by molar-refractivity contribution is 5.76. The molecule has 0 aliphatic carbocycles. The molecule has 5 heteroatoms. The summed E-state index contributed by atoms with van der Waals surface area (Å²) in [7, 11) is 0. The third kappa shape index (κ3) is 5.24. The molecule has 0 aromatic heterocycles. The lowest BCUT2D eigenvalue weighted by molar-refractivity contribution is -0.122. The number of carbonyl (C=O) groups excluding carboxylic acids is 1. The largest absolute Gasteiger partial charge is 0.369 e. The van der Waals surface area contributed by atoms with Crippen LogP contribution < -0.4 is 10.2 Å². The first-order chi connectivity index (χ1) is 11.4. The topological polar surface area (TPSA) is 59.4 Å². The van der Waals surface area contributed by atoms with Crippen LogP contribution in [0.3, 0.4) is 0 Å². The quantitative estimate of drug-likeness (QED) is 0.901. The molecule has 1 aliphatic rings. The highest BCUT2D eigenvalue weighted by Gasteiger charge is 2.26. The number of benzene rings is 1. The molecule has 2 rings (SSSR count). The number of anilines is 1. The van der Waals surface area contributed by atoms with Crippen molar-refractivity contribution in [2.75, 3.05) is 37.6 Å². The van der Waals surface area contributed by atoms with Crippen molar-refractivity contribution < 1.29 is 4.79 Å². The second kappa shape index (κ2) is 8.16. The first-order valence-electron chi connectivity index (χ1n) is 8.61. The average Bonchev–Trinajstić information content (AvgIpc) is 2.58. The summed E-state index contributed by atoms with van der Waals surface area (Å²) >= 11 is 0. The van der Waals surface area contributed by atoms with E-state index in [1.54, 1.807) is 0 Å². The summed E-state index contributed by atoms with van der Waals surface area (Å²) in [5.74, 6) is -0.0398. The zero-order valence-electron chi connectivity index (χ0n) is 15.0. The molecule has 0 saturated carbocycles. The summed E-state index contributed by atoms with van der Waals surface area (Å²) in [4.78, 5) is 16.8. The number of carbonyl (C=O) groups is 1. The highest BCUT2D eigenvalue weighted by Crippen LogP contribution is 2.19. The lowest BCUT2D eigenvalue weighted by Crippen LogP contribution is -2.48. The third-order valence-corrected chi connectivity index (χ3v) is 4.45. The molecule has 0 spiro atoms. The zero-order valence-corrected chi connectivity index (χ0v) is 15.0. The molecule has 1 aliphatic heterocycles. The molecule has 1 atom stereocenters. The van der Waals surface area contributed by atoms with Gasteiger partial charge in [0.2, 0.25) is 5.91 Å². The Bertz CT molecular complexity index is 565. The molecule has 1 fully saturated rings. The van der Waals surface area contributed by atoms with Gasteiger partial charge in [-0.2, -0.15) is 5.26 Å². The van der Waals surface area contributed by atoms with Gasteiger partial charge in [0, 0.05) is 44.8 Å². The van der Waals surface area contributed by atoms with E-state index < -0.39 is 6.04 Å². The zero-order chi connectivity index (χ0) is 17.6. The SMILES string of the molecule is CC(C)(C)C(C#N)NC(=O)CCN1CCN(c2ccccc2)CC1. The minimum Gasteiger partial charge on any atom is -0.369 e. The Kier molecular flexibility index (Phi) is 6.22. The summed E-state index contributed by atoms with van der Waals surface area (Å²) in [5, 5.41) is 12.0. The van der Waals surface area contributed by atoms with E-state index in [4.69, 9.17) is 0 Å². The molecule has 1 aromatic carbocycles.